The first kappa shape index (κ1) is 10.1. The van der Waals surface area contributed by atoms with Gasteiger partial charge in [-0.1, -0.05) is 0 Å². The fourth-order valence-electron chi connectivity index (χ4n) is 1.86. The summed E-state index contributed by atoms with van der Waals surface area (Å²) in [6, 6.07) is 0. The molecular weight excluding hydrogens is 198 g/mol. The van der Waals surface area contributed by atoms with E-state index in [1.165, 1.54) is 0 Å². The van der Waals surface area contributed by atoms with Crippen molar-refractivity contribution in [2.75, 3.05) is 6.61 Å². The minimum atomic E-state index is -0.327. The Morgan fingerprint density at radius 3 is 3.00 bits per heavy atom. The van der Waals surface area contributed by atoms with Crippen LogP contribution in [-0.2, 0) is 11.2 Å². The van der Waals surface area contributed by atoms with Gasteiger partial charge in [-0.15, -0.1) is 11.3 Å². The number of hydrogen-bond acceptors (Lipinski definition) is 4. The SMILES string of the molecule is Cc1nc(CC2C(O)COC2C)cs1. The van der Waals surface area contributed by atoms with Crippen molar-refractivity contribution in [3.05, 3.63) is 16.1 Å². The third-order valence-corrected chi connectivity index (χ3v) is 3.56. The summed E-state index contributed by atoms with van der Waals surface area (Å²) in [6.45, 7) is 4.48. The summed E-state index contributed by atoms with van der Waals surface area (Å²) in [6.07, 6.45) is 0.645. The molecule has 1 aliphatic heterocycles. The van der Waals surface area contributed by atoms with Gasteiger partial charge in [-0.3, -0.25) is 0 Å². The molecule has 78 valence electrons. The zero-order chi connectivity index (χ0) is 10.1. The standard InChI is InChI=1S/C10H15NO2S/c1-6-9(10(12)4-13-6)3-8-5-14-7(2)11-8/h5-6,9-10,12H,3-4H2,1-2H3. The van der Waals surface area contributed by atoms with Crippen LogP contribution in [0.2, 0.25) is 0 Å². The molecule has 2 rings (SSSR count). The van der Waals surface area contributed by atoms with E-state index in [0.29, 0.717) is 6.61 Å². The average Bonchev–Trinajstić information content (AvgIpc) is 2.67. The van der Waals surface area contributed by atoms with Crippen LogP contribution >= 0.6 is 11.3 Å². The molecule has 2 heterocycles. The zero-order valence-corrected chi connectivity index (χ0v) is 9.25. The van der Waals surface area contributed by atoms with E-state index in [4.69, 9.17) is 4.74 Å². The maximum atomic E-state index is 9.68. The minimum absolute atomic E-state index is 0.145. The van der Waals surface area contributed by atoms with Crippen LogP contribution in [0.15, 0.2) is 5.38 Å². The summed E-state index contributed by atoms with van der Waals surface area (Å²) in [5, 5.41) is 12.8. The number of aliphatic hydroxyl groups excluding tert-OH is 1. The Morgan fingerprint density at radius 2 is 2.50 bits per heavy atom. The molecule has 1 aromatic heterocycles. The molecule has 3 unspecified atom stereocenters. The predicted molar refractivity (Wildman–Crippen MR) is 55.5 cm³/mol. The summed E-state index contributed by atoms with van der Waals surface area (Å²) >= 11 is 1.66. The van der Waals surface area contributed by atoms with Crippen LogP contribution in [0.5, 0.6) is 0 Å². The highest BCUT2D eigenvalue weighted by molar-refractivity contribution is 7.09. The second-order valence-electron chi connectivity index (χ2n) is 3.83. The van der Waals surface area contributed by atoms with Gasteiger partial charge in [-0.05, 0) is 20.3 Å². The molecule has 3 atom stereocenters. The van der Waals surface area contributed by atoms with Crippen molar-refractivity contribution in [2.45, 2.75) is 32.5 Å². The van der Waals surface area contributed by atoms with E-state index >= 15 is 0 Å². The molecule has 0 aromatic carbocycles. The number of thiazole rings is 1. The zero-order valence-electron chi connectivity index (χ0n) is 8.43. The fraction of sp³-hybridized carbons (Fsp3) is 0.700. The van der Waals surface area contributed by atoms with E-state index in [2.05, 4.69) is 10.4 Å². The van der Waals surface area contributed by atoms with Crippen LogP contribution in [0.4, 0.5) is 0 Å². The highest BCUT2D eigenvalue weighted by Crippen LogP contribution is 2.25. The molecule has 4 heteroatoms. The molecular formula is C10H15NO2S. The van der Waals surface area contributed by atoms with Gasteiger partial charge in [0.1, 0.15) is 0 Å². The number of ether oxygens (including phenoxy) is 1. The first-order valence-corrected chi connectivity index (χ1v) is 5.75. The van der Waals surface area contributed by atoms with Gasteiger partial charge >= 0.3 is 0 Å². The van der Waals surface area contributed by atoms with Crippen LogP contribution in [0.25, 0.3) is 0 Å². The second kappa shape index (κ2) is 3.96. The van der Waals surface area contributed by atoms with Crippen molar-refractivity contribution >= 4 is 11.3 Å². The van der Waals surface area contributed by atoms with Gasteiger partial charge in [-0.25, -0.2) is 4.98 Å². The maximum Gasteiger partial charge on any atom is 0.0897 e. The van der Waals surface area contributed by atoms with Gasteiger partial charge in [0, 0.05) is 11.3 Å². The van der Waals surface area contributed by atoms with Crippen molar-refractivity contribution < 1.29 is 9.84 Å². The van der Waals surface area contributed by atoms with Crippen molar-refractivity contribution in [3.8, 4) is 0 Å². The average molecular weight is 213 g/mol. The van der Waals surface area contributed by atoms with Gasteiger partial charge in [-0.2, -0.15) is 0 Å². The van der Waals surface area contributed by atoms with Gasteiger partial charge < -0.3 is 9.84 Å². The summed E-state index contributed by atoms with van der Waals surface area (Å²) in [7, 11) is 0. The lowest BCUT2D eigenvalue weighted by molar-refractivity contribution is 0.0963. The molecule has 0 spiro atoms. The normalized spacial score (nSPS) is 32.4. The number of nitrogens with zero attached hydrogens (tertiary/aromatic N) is 1. The smallest absolute Gasteiger partial charge is 0.0897 e. The molecule has 0 bridgehead atoms. The Bertz CT molecular complexity index is 303. The Balaban J connectivity index is 2.03. The second-order valence-corrected chi connectivity index (χ2v) is 4.89. The molecule has 1 saturated heterocycles. The maximum absolute atomic E-state index is 9.68. The summed E-state index contributed by atoms with van der Waals surface area (Å²) in [5.74, 6) is 0.205. The molecule has 1 aliphatic rings. The van der Waals surface area contributed by atoms with Gasteiger partial charge in [0.05, 0.1) is 29.5 Å². The lowest BCUT2D eigenvalue weighted by atomic mass is 9.95. The molecule has 1 fully saturated rings. The number of aliphatic hydroxyl groups is 1. The van der Waals surface area contributed by atoms with Gasteiger partial charge in [0.15, 0.2) is 0 Å². The van der Waals surface area contributed by atoms with E-state index in [1.54, 1.807) is 11.3 Å². The van der Waals surface area contributed by atoms with Crippen LogP contribution in [-0.4, -0.2) is 28.9 Å². The predicted octanol–water partition coefficient (Wildman–Crippen LogP) is 1.39. The number of aryl methyl sites for hydroxylation is 1. The first-order valence-electron chi connectivity index (χ1n) is 4.87. The van der Waals surface area contributed by atoms with Crippen molar-refractivity contribution in [1.82, 2.24) is 4.98 Å². The number of hydrogen-bond donors (Lipinski definition) is 1. The largest absolute Gasteiger partial charge is 0.390 e. The molecule has 3 nitrogen and oxygen atoms in total. The molecule has 0 aliphatic carbocycles. The van der Waals surface area contributed by atoms with Crippen LogP contribution in [0, 0.1) is 12.8 Å². The Morgan fingerprint density at radius 1 is 1.71 bits per heavy atom. The number of rotatable bonds is 2. The van der Waals surface area contributed by atoms with Gasteiger partial charge in [0.2, 0.25) is 0 Å². The third kappa shape index (κ3) is 1.97. The molecule has 0 amide bonds. The Hall–Kier alpha value is -0.450. The van der Waals surface area contributed by atoms with Crippen LogP contribution < -0.4 is 0 Å². The lowest BCUT2D eigenvalue weighted by Gasteiger charge is -2.15. The lowest BCUT2D eigenvalue weighted by Crippen LogP contribution is -2.24. The molecule has 14 heavy (non-hydrogen) atoms. The van der Waals surface area contributed by atoms with E-state index in [-0.39, 0.29) is 18.1 Å². The molecule has 1 N–H and O–H groups in total. The molecule has 0 radical (unpaired) electrons. The van der Waals surface area contributed by atoms with Crippen molar-refractivity contribution in [3.63, 3.8) is 0 Å². The number of aromatic nitrogens is 1. The fourth-order valence-corrected chi connectivity index (χ4v) is 2.48. The highest BCUT2D eigenvalue weighted by atomic mass is 32.1. The monoisotopic (exact) mass is 213 g/mol. The first-order chi connectivity index (χ1) is 6.66. The topological polar surface area (TPSA) is 42.4 Å². The highest BCUT2D eigenvalue weighted by Gasteiger charge is 2.33. The minimum Gasteiger partial charge on any atom is -0.390 e. The van der Waals surface area contributed by atoms with Crippen LogP contribution in [0.3, 0.4) is 0 Å². The Kier molecular flexibility index (Phi) is 2.85. The molecule has 1 aromatic rings. The van der Waals surface area contributed by atoms with Crippen LogP contribution in [0.1, 0.15) is 17.6 Å². The van der Waals surface area contributed by atoms with E-state index < -0.39 is 0 Å². The third-order valence-electron chi connectivity index (χ3n) is 2.74. The van der Waals surface area contributed by atoms with E-state index in [1.807, 2.05) is 13.8 Å². The van der Waals surface area contributed by atoms with E-state index in [9.17, 15) is 5.11 Å². The Labute approximate surface area is 87.7 Å². The van der Waals surface area contributed by atoms with Crippen molar-refractivity contribution in [2.24, 2.45) is 5.92 Å². The summed E-state index contributed by atoms with van der Waals surface area (Å²) in [5.41, 5.74) is 1.08. The van der Waals surface area contributed by atoms with Gasteiger partial charge in [0.25, 0.3) is 0 Å². The van der Waals surface area contributed by atoms with E-state index in [0.717, 1.165) is 17.1 Å². The quantitative estimate of drug-likeness (QED) is 0.807. The van der Waals surface area contributed by atoms with Crippen molar-refractivity contribution in [1.29, 1.82) is 0 Å². The summed E-state index contributed by atoms with van der Waals surface area (Å²) in [4.78, 5) is 4.39. The molecule has 0 saturated carbocycles. The summed E-state index contributed by atoms with van der Waals surface area (Å²) < 4.78 is 5.38.